The Hall–Kier alpha value is -0.870. The first-order valence-electron chi connectivity index (χ1n) is 5.64. The van der Waals surface area contributed by atoms with Crippen molar-refractivity contribution < 1.29 is 34.8 Å². The van der Waals surface area contributed by atoms with Crippen molar-refractivity contribution in [2.45, 2.75) is 35.8 Å². The summed E-state index contributed by atoms with van der Waals surface area (Å²) >= 11 is 1.08. The van der Waals surface area contributed by atoms with Crippen molar-refractivity contribution in [2.75, 3.05) is 12.9 Å². The van der Waals surface area contributed by atoms with Crippen LogP contribution >= 0.6 is 11.8 Å². The van der Waals surface area contributed by atoms with E-state index in [1.807, 2.05) is 0 Å². The lowest BCUT2D eigenvalue weighted by molar-refractivity contribution is -0.157. The van der Waals surface area contributed by atoms with Gasteiger partial charge in [0.25, 0.3) is 5.91 Å². The van der Waals surface area contributed by atoms with Gasteiger partial charge in [0, 0.05) is 5.75 Å². The lowest BCUT2D eigenvalue weighted by Crippen LogP contribution is -2.51. The minimum atomic E-state index is -1.89. The van der Waals surface area contributed by atoms with E-state index in [1.165, 1.54) is 7.11 Å². The Morgan fingerprint density at radius 1 is 1.26 bits per heavy atom. The predicted octanol–water partition coefficient (Wildman–Crippen LogP) is -3.11. The van der Waals surface area contributed by atoms with Gasteiger partial charge >= 0.3 is 5.97 Å². The average Bonchev–Trinajstić information content (AvgIpc) is 2.84. The van der Waals surface area contributed by atoms with E-state index < -0.39 is 47.7 Å². The van der Waals surface area contributed by atoms with E-state index in [0.29, 0.717) is 0 Å². The fourth-order valence-electron chi connectivity index (χ4n) is 2.24. The first-order chi connectivity index (χ1) is 8.90. The molecule has 2 heterocycles. The number of carbonyl (C=O) groups excluding carboxylic acids is 2. The SMILES string of the molecule is COC(=O)[C@@H]1CS[C@H]2[C@@H](O)[C@@H](O)[C@H](O)[C@H](O)C(=O)N12. The molecule has 6 atom stereocenters. The second kappa shape index (κ2) is 5.25. The van der Waals surface area contributed by atoms with Crippen LogP contribution in [0.15, 0.2) is 0 Å². The summed E-state index contributed by atoms with van der Waals surface area (Å²) in [6.07, 6.45) is -6.82. The van der Waals surface area contributed by atoms with Gasteiger partial charge in [-0.25, -0.2) is 4.79 Å². The van der Waals surface area contributed by atoms with Gasteiger partial charge < -0.3 is 30.1 Å². The molecule has 2 aliphatic rings. The van der Waals surface area contributed by atoms with Crippen molar-refractivity contribution in [3.8, 4) is 0 Å². The van der Waals surface area contributed by atoms with Gasteiger partial charge in [0.05, 0.1) is 7.11 Å². The monoisotopic (exact) mass is 293 g/mol. The lowest BCUT2D eigenvalue weighted by Gasteiger charge is -2.29. The standard InChI is InChI=1S/C10H15NO7S/c1-18-10(17)3-2-19-9-7(15)5(13)4(12)6(14)8(16)11(3)9/h3-7,9,12-15H,2H2,1H3/t3-,4-,5-,6-,7-,9-/m0/s1. The summed E-state index contributed by atoms with van der Waals surface area (Å²) < 4.78 is 4.56. The molecule has 0 aromatic carbocycles. The summed E-state index contributed by atoms with van der Waals surface area (Å²) in [6, 6.07) is -0.950. The molecule has 0 saturated carbocycles. The molecular weight excluding hydrogens is 278 g/mol. The number of thioether (sulfide) groups is 1. The zero-order chi connectivity index (χ0) is 14.3. The largest absolute Gasteiger partial charge is 0.467 e. The number of esters is 1. The molecule has 108 valence electrons. The number of ether oxygens (including phenoxy) is 1. The highest BCUT2D eigenvalue weighted by molar-refractivity contribution is 8.00. The van der Waals surface area contributed by atoms with Gasteiger partial charge in [0.1, 0.15) is 29.7 Å². The molecule has 9 heteroatoms. The molecule has 0 aliphatic carbocycles. The fraction of sp³-hybridized carbons (Fsp3) is 0.800. The van der Waals surface area contributed by atoms with Crippen LogP contribution in [0, 0.1) is 0 Å². The smallest absolute Gasteiger partial charge is 0.329 e. The number of amides is 1. The molecular formula is C10H15NO7S. The van der Waals surface area contributed by atoms with Crippen molar-refractivity contribution >= 4 is 23.6 Å². The number of hydrogen-bond donors (Lipinski definition) is 4. The molecule has 19 heavy (non-hydrogen) atoms. The van der Waals surface area contributed by atoms with Crippen molar-refractivity contribution in [1.82, 2.24) is 4.90 Å². The second-order valence-electron chi connectivity index (χ2n) is 4.42. The quantitative estimate of drug-likeness (QED) is 0.374. The van der Waals surface area contributed by atoms with E-state index in [9.17, 15) is 30.0 Å². The Bertz CT molecular complexity index is 392. The maximum atomic E-state index is 12.0. The number of aliphatic hydroxyl groups excluding tert-OH is 4. The highest BCUT2D eigenvalue weighted by Crippen LogP contribution is 2.36. The van der Waals surface area contributed by atoms with Crippen molar-refractivity contribution in [3.63, 3.8) is 0 Å². The fourth-order valence-corrected chi connectivity index (χ4v) is 3.69. The molecule has 1 amide bonds. The third kappa shape index (κ3) is 2.21. The van der Waals surface area contributed by atoms with Crippen LogP contribution in [-0.2, 0) is 14.3 Å². The van der Waals surface area contributed by atoms with Crippen LogP contribution in [0.3, 0.4) is 0 Å². The molecule has 0 aromatic heterocycles. The molecule has 0 radical (unpaired) electrons. The number of rotatable bonds is 1. The molecule has 2 saturated heterocycles. The molecule has 0 aromatic rings. The Kier molecular flexibility index (Phi) is 4.02. The predicted molar refractivity (Wildman–Crippen MR) is 62.9 cm³/mol. The minimum Gasteiger partial charge on any atom is -0.467 e. The van der Waals surface area contributed by atoms with Crippen LogP contribution in [0.2, 0.25) is 0 Å². The molecule has 2 rings (SSSR count). The molecule has 2 fully saturated rings. The molecule has 0 spiro atoms. The summed E-state index contributed by atoms with van der Waals surface area (Å²) in [6.45, 7) is 0. The van der Waals surface area contributed by atoms with Gasteiger partial charge in [-0.1, -0.05) is 0 Å². The summed E-state index contributed by atoms with van der Waals surface area (Å²) in [5.41, 5.74) is 0. The normalized spacial score (nSPS) is 42.8. The number of nitrogens with zero attached hydrogens (tertiary/aromatic N) is 1. The van der Waals surface area contributed by atoms with Crippen molar-refractivity contribution in [3.05, 3.63) is 0 Å². The van der Waals surface area contributed by atoms with Gasteiger partial charge in [0.15, 0.2) is 6.10 Å². The van der Waals surface area contributed by atoms with Gasteiger partial charge in [-0.15, -0.1) is 11.8 Å². The zero-order valence-electron chi connectivity index (χ0n) is 10.0. The average molecular weight is 293 g/mol. The van der Waals surface area contributed by atoms with Crippen LogP contribution in [0.25, 0.3) is 0 Å². The van der Waals surface area contributed by atoms with E-state index in [2.05, 4.69) is 4.74 Å². The van der Waals surface area contributed by atoms with Crippen LogP contribution < -0.4 is 0 Å². The molecule has 2 aliphatic heterocycles. The Labute approximate surface area is 113 Å². The van der Waals surface area contributed by atoms with Crippen LogP contribution in [0.1, 0.15) is 0 Å². The molecule has 4 N–H and O–H groups in total. The van der Waals surface area contributed by atoms with E-state index >= 15 is 0 Å². The highest BCUT2D eigenvalue weighted by atomic mass is 32.2. The van der Waals surface area contributed by atoms with Crippen LogP contribution in [0.5, 0.6) is 0 Å². The first kappa shape index (κ1) is 14.5. The summed E-state index contributed by atoms with van der Waals surface area (Å²) in [4.78, 5) is 24.6. The summed E-state index contributed by atoms with van der Waals surface area (Å²) in [7, 11) is 1.17. The third-order valence-corrected chi connectivity index (χ3v) is 4.69. The zero-order valence-corrected chi connectivity index (χ0v) is 10.9. The van der Waals surface area contributed by atoms with Crippen LogP contribution in [-0.4, -0.2) is 85.9 Å². The highest BCUT2D eigenvalue weighted by Gasteiger charge is 2.54. The number of carbonyl (C=O) groups is 2. The number of aliphatic hydroxyl groups is 4. The molecule has 0 bridgehead atoms. The maximum absolute atomic E-state index is 12.0. The molecule has 0 unspecified atom stereocenters. The first-order valence-corrected chi connectivity index (χ1v) is 6.69. The summed E-state index contributed by atoms with van der Waals surface area (Å²) in [5.74, 6) is -1.39. The summed E-state index contributed by atoms with van der Waals surface area (Å²) in [5, 5.41) is 37.9. The Balaban J connectivity index is 2.35. The van der Waals surface area contributed by atoms with Crippen molar-refractivity contribution in [2.24, 2.45) is 0 Å². The van der Waals surface area contributed by atoms with Gasteiger partial charge in [-0.05, 0) is 0 Å². The van der Waals surface area contributed by atoms with Gasteiger partial charge in [-0.3, -0.25) is 4.79 Å². The number of hydrogen-bond acceptors (Lipinski definition) is 8. The van der Waals surface area contributed by atoms with Crippen LogP contribution in [0.4, 0.5) is 0 Å². The Morgan fingerprint density at radius 3 is 2.47 bits per heavy atom. The topological polar surface area (TPSA) is 128 Å². The lowest BCUT2D eigenvalue weighted by atomic mass is 10.1. The van der Waals surface area contributed by atoms with E-state index in [4.69, 9.17) is 0 Å². The van der Waals surface area contributed by atoms with Crippen molar-refractivity contribution in [1.29, 1.82) is 0 Å². The van der Waals surface area contributed by atoms with E-state index in [0.717, 1.165) is 16.7 Å². The molecule has 8 nitrogen and oxygen atoms in total. The van der Waals surface area contributed by atoms with E-state index in [1.54, 1.807) is 0 Å². The van der Waals surface area contributed by atoms with E-state index in [-0.39, 0.29) is 5.75 Å². The Morgan fingerprint density at radius 2 is 1.89 bits per heavy atom. The number of fused-ring (bicyclic) bond motifs is 1. The number of methoxy groups -OCH3 is 1. The third-order valence-electron chi connectivity index (χ3n) is 3.33. The maximum Gasteiger partial charge on any atom is 0.329 e. The van der Waals surface area contributed by atoms with Gasteiger partial charge in [0.2, 0.25) is 0 Å². The minimum absolute atomic E-state index is 0.190. The van der Waals surface area contributed by atoms with Gasteiger partial charge in [-0.2, -0.15) is 0 Å². The second-order valence-corrected chi connectivity index (χ2v) is 5.57.